The van der Waals surface area contributed by atoms with Crippen LogP contribution in [0.4, 0.5) is 11.5 Å². The van der Waals surface area contributed by atoms with Crippen LogP contribution in [0.2, 0.25) is 10.0 Å². The molecular formula is C20H19Cl2N5O2. The molecule has 0 aliphatic carbocycles. The lowest BCUT2D eigenvalue weighted by atomic mass is 10.1. The number of carbonyl (C=O) groups excluding carboxylic acids is 2. The number of para-hydroxylation sites is 1. The largest absolute Gasteiger partial charge is 0.352 e. The highest BCUT2D eigenvalue weighted by Gasteiger charge is 2.30. The molecule has 0 N–H and O–H groups in total. The summed E-state index contributed by atoms with van der Waals surface area (Å²) in [6, 6.07) is 10.8. The third-order valence-electron chi connectivity index (χ3n) is 4.94. The van der Waals surface area contributed by atoms with E-state index in [9.17, 15) is 9.59 Å². The number of carbonyl (C=O) groups is 2. The highest BCUT2D eigenvalue weighted by Crippen LogP contribution is 2.27. The summed E-state index contributed by atoms with van der Waals surface area (Å²) in [6.45, 7) is 2.26. The maximum Gasteiger partial charge on any atom is 0.270 e. The predicted molar refractivity (Wildman–Crippen MR) is 114 cm³/mol. The number of hydrogen-bond donors (Lipinski definition) is 0. The van der Waals surface area contributed by atoms with Crippen molar-refractivity contribution in [2.24, 2.45) is 5.10 Å². The predicted octanol–water partition coefficient (Wildman–Crippen LogP) is 3.22. The van der Waals surface area contributed by atoms with Gasteiger partial charge in [-0.3, -0.25) is 9.59 Å². The minimum absolute atomic E-state index is 0.110. The first-order valence-corrected chi connectivity index (χ1v) is 10.1. The number of hydrogen-bond acceptors (Lipinski definition) is 5. The Labute approximate surface area is 178 Å². The van der Waals surface area contributed by atoms with Gasteiger partial charge in [-0.05, 0) is 18.2 Å². The Kier molecular flexibility index (Phi) is 5.69. The zero-order chi connectivity index (χ0) is 20.4. The Morgan fingerprint density at radius 3 is 2.41 bits per heavy atom. The van der Waals surface area contributed by atoms with E-state index in [4.69, 9.17) is 23.2 Å². The van der Waals surface area contributed by atoms with E-state index in [1.54, 1.807) is 29.3 Å². The summed E-state index contributed by atoms with van der Waals surface area (Å²) in [5.41, 5.74) is 1.07. The summed E-state index contributed by atoms with van der Waals surface area (Å²) in [4.78, 5) is 33.3. The smallest absolute Gasteiger partial charge is 0.270 e. The molecule has 0 saturated carbocycles. The van der Waals surface area contributed by atoms with Crippen molar-refractivity contribution >= 4 is 52.2 Å². The normalized spacial score (nSPS) is 17.4. The fourth-order valence-electron chi connectivity index (χ4n) is 3.42. The summed E-state index contributed by atoms with van der Waals surface area (Å²) >= 11 is 12.2. The van der Waals surface area contributed by atoms with E-state index in [1.165, 1.54) is 5.01 Å². The highest BCUT2D eigenvalue weighted by molar-refractivity contribution is 6.40. The standard InChI is InChI=1S/C20H19Cl2N5O2/c21-14-12-16(22)19(23-13-14)25-8-10-26(11-9-25)20(29)17-6-7-18(28)27(24-17)15-4-2-1-3-5-15/h1-5,12-13H,6-11H2. The first-order chi connectivity index (χ1) is 14.0. The molecule has 1 aromatic carbocycles. The van der Waals surface area contributed by atoms with Gasteiger partial charge < -0.3 is 9.80 Å². The molecule has 150 valence electrons. The van der Waals surface area contributed by atoms with Crippen LogP contribution in [0, 0.1) is 0 Å². The summed E-state index contributed by atoms with van der Waals surface area (Å²) < 4.78 is 0. The highest BCUT2D eigenvalue weighted by atomic mass is 35.5. The van der Waals surface area contributed by atoms with Gasteiger partial charge in [0.25, 0.3) is 5.91 Å². The first-order valence-electron chi connectivity index (χ1n) is 9.33. The molecule has 1 saturated heterocycles. The van der Waals surface area contributed by atoms with Crippen LogP contribution in [0.15, 0.2) is 47.7 Å². The Morgan fingerprint density at radius 1 is 1.00 bits per heavy atom. The molecule has 3 heterocycles. The molecule has 2 aliphatic heterocycles. The lowest BCUT2D eigenvalue weighted by Gasteiger charge is -2.36. The van der Waals surface area contributed by atoms with E-state index in [0.29, 0.717) is 59.9 Å². The fraction of sp³-hybridized carbons (Fsp3) is 0.300. The molecule has 0 spiro atoms. The number of hydrazone groups is 1. The molecule has 9 heteroatoms. The average molecular weight is 432 g/mol. The number of pyridine rings is 1. The fourth-order valence-corrected chi connectivity index (χ4v) is 3.92. The van der Waals surface area contributed by atoms with Gasteiger partial charge >= 0.3 is 0 Å². The molecular weight excluding hydrogens is 413 g/mol. The molecule has 1 aromatic heterocycles. The van der Waals surface area contributed by atoms with Gasteiger partial charge in [0.15, 0.2) is 0 Å². The van der Waals surface area contributed by atoms with Gasteiger partial charge in [-0.25, -0.2) is 9.99 Å². The summed E-state index contributed by atoms with van der Waals surface area (Å²) in [6.07, 6.45) is 2.18. The molecule has 2 aromatic rings. The van der Waals surface area contributed by atoms with E-state index in [2.05, 4.69) is 10.1 Å². The van der Waals surface area contributed by atoms with Crippen LogP contribution in [0.3, 0.4) is 0 Å². The van der Waals surface area contributed by atoms with E-state index in [0.717, 1.165) is 0 Å². The maximum absolute atomic E-state index is 13.0. The van der Waals surface area contributed by atoms with Crippen molar-refractivity contribution in [3.05, 3.63) is 52.6 Å². The van der Waals surface area contributed by atoms with Crippen LogP contribution in [0.5, 0.6) is 0 Å². The molecule has 2 amide bonds. The quantitative estimate of drug-likeness (QED) is 0.747. The van der Waals surface area contributed by atoms with Crippen LogP contribution in [-0.2, 0) is 9.59 Å². The summed E-state index contributed by atoms with van der Waals surface area (Å²) in [5, 5.41) is 6.66. The molecule has 2 aliphatic rings. The minimum atomic E-state index is -0.131. The summed E-state index contributed by atoms with van der Waals surface area (Å²) in [5.74, 6) is 0.424. The lowest BCUT2D eigenvalue weighted by Crippen LogP contribution is -2.51. The van der Waals surface area contributed by atoms with Crippen molar-refractivity contribution in [3.8, 4) is 0 Å². The third kappa shape index (κ3) is 4.21. The monoisotopic (exact) mass is 431 g/mol. The van der Waals surface area contributed by atoms with Gasteiger partial charge in [0.2, 0.25) is 5.91 Å². The molecule has 0 unspecified atom stereocenters. The number of piperazine rings is 1. The number of amides is 2. The molecule has 29 heavy (non-hydrogen) atoms. The van der Waals surface area contributed by atoms with Crippen molar-refractivity contribution < 1.29 is 9.59 Å². The van der Waals surface area contributed by atoms with Crippen molar-refractivity contribution in [3.63, 3.8) is 0 Å². The average Bonchev–Trinajstić information content (AvgIpc) is 2.74. The van der Waals surface area contributed by atoms with Gasteiger partial charge in [0, 0.05) is 45.2 Å². The Hall–Kier alpha value is -2.64. The number of aromatic nitrogens is 1. The second-order valence-electron chi connectivity index (χ2n) is 6.83. The van der Waals surface area contributed by atoms with E-state index < -0.39 is 0 Å². The molecule has 0 radical (unpaired) electrons. The van der Waals surface area contributed by atoms with Crippen molar-refractivity contribution in [1.29, 1.82) is 0 Å². The van der Waals surface area contributed by atoms with Gasteiger partial charge in [-0.2, -0.15) is 5.10 Å². The molecule has 1 fully saturated rings. The minimum Gasteiger partial charge on any atom is -0.352 e. The Bertz CT molecular complexity index is 959. The molecule has 4 rings (SSSR count). The third-order valence-corrected chi connectivity index (χ3v) is 5.42. The van der Waals surface area contributed by atoms with Gasteiger partial charge in [-0.1, -0.05) is 41.4 Å². The van der Waals surface area contributed by atoms with E-state index in [1.807, 2.05) is 23.1 Å². The number of rotatable bonds is 3. The zero-order valence-corrected chi connectivity index (χ0v) is 17.1. The topological polar surface area (TPSA) is 69.1 Å². The van der Waals surface area contributed by atoms with Crippen LogP contribution >= 0.6 is 23.2 Å². The maximum atomic E-state index is 13.0. The molecule has 0 atom stereocenters. The molecule has 0 bridgehead atoms. The van der Waals surface area contributed by atoms with E-state index in [-0.39, 0.29) is 18.2 Å². The van der Waals surface area contributed by atoms with Crippen LogP contribution < -0.4 is 9.91 Å². The molecule has 7 nitrogen and oxygen atoms in total. The van der Waals surface area contributed by atoms with Crippen molar-refractivity contribution in [1.82, 2.24) is 9.88 Å². The van der Waals surface area contributed by atoms with Gasteiger partial charge in [0.05, 0.1) is 15.7 Å². The van der Waals surface area contributed by atoms with Gasteiger partial charge in [-0.15, -0.1) is 0 Å². The number of halogens is 2. The second kappa shape index (κ2) is 8.39. The SMILES string of the molecule is O=C(C1=NN(c2ccccc2)C(=O)CC1)N1CCN(c2ncc(Cl)cc2Cl)CC1. The zero-order valence-electron chi connectivity index (χ0n) is 15.6. The van der Waals surface area contributed by atoms with Crippen molar-refractivity contribution in [2.45, 2.75) is 12.8 Å². The Balaban J connectivity index is 1.44. The number of benzene rings is 1. The summed E-state index contributed by atoms with van der Waals surface area (Å²) in [7, 11) is 0. The first kappa shape index (κ1) is 19.7. The second-order valence-corrected chi connectivity index (χ2v) is 7.67. The van der Waals surface area contributed by atoms with Crippen LogP contribution in [0.1, 0.15) is 12.8 Å². The van der Waals surface area contributed by atoms with Crippen molar-refractivity contribution in [2.75, 3.05) is 36.1 Å². The van der Waals surface area contributed by atoms with E-state index >= 15 is 0 Å². The Morgan fingerprint density at radius 2 is 1.72 bits per heavy atom. The number of anilines is 2. The number of nitrogens with zero attached hydrogens (tertiary/aromatic N) is 5. The van der Waals surface area contributed by atoms with Crippen LogP contribution in [0.25, 0.3) is 0 Å². The lowest BCUT2D eigenvalue weighted by molar-refractivity contribution is -0.124. The van der Waals surface area contributed by atoms with Crippen LogP contribution in [-0.4, -0.2) is 53.6 Å². The van der Waals surface area contributed by atoms with Gasteiger partial charge in [0.1, 0.15) is 11.5 Å².